The van der Waals surface area contributed by atoms with Crippen molar-refractivity contribution in [3.63, 3.8) is 0 Å². The number of Topliss-reactive ketones (excluding diaryl/α,β-unsaturated/α-hetero) is 1. The van der Waals surface area contributed by atoms with Crippen molar-refractivity contribution in [1.82, 2.24) is 0 Å². The van der Waals surface area contributed by atoms with Gasteiger partial charge in [-0.2, -0.15) is 0 Å². The minimum Gasteiger partial charge on any atom is -0.454 e. The highest BCUT2D eigenvalue weighted by molar-refractivity contribution is 7.89. The zero-order chi connectivity index (χ0) is 19.8. The maximum Gasteiger partial charge on any atom is 0.338 e. The van der Waals surface area contributed by atoms with Gasteiger partial charge < -0.3 is 4.74 Å². The van der Waals surface area contributed by atoms with Gasteiger partial charge in [-0.05, 0) is 48.6 Å². The molecular weight excluding hydrogens is 386 g/mol. The lowest BCUT2D eigenvalue weighted by Gasteiger charge is -2.07. The number of carbonyl (C=O) groups excluding carboxylic acids is 2. The van der Waals surface area contributed by atoms with Gasteiger partial charge >= 0.3 is 5.97 Å². The lowest BCUT2D eigenvalue weighted by atomic mass is 10.1. The topological polar surface area (TPSA) is 104 Å². The smallest absolute Gasteiger partial charge is 0.338 e. The summed E-state index contributed by atoms with van der Waals surface area (Å²) in [5, 5.41) is 6.14. The van der Waals surface area contributed by atoms with Crippen LogP contribution >= 0.6 is 11.3 Å². The Morgan fingerprint density at radius 3 is 2.48 bits per heavy atom. The third-order valence-electron chi connectivity index (χ3n) is 4.16. The molecule has 0 bridgehead atoms. The van der Waals surface area contributed by atoms with Crippen molar-refractivity contribution in [3.8, 4) is 0 Å². The van der Waals surface area contributed by atoms with E-state index in [9.17, 15) is 18.0 Å². The maximum absolute atomic E-state index is 12.5. The molecule has 0 radical (unpaired) electrons. The number of carbonyl (C=O) groups is 2. The molecule has 3 rings (SSSR count). The number of sulfonamides is 1. The third-order valence-corrected chi connectivity index (χ3v) is 6.53. The summed E-state index contributed by atoms with van der Waals surface area (Å²) in [6.07, 6.45) is 0. The summed E-state index contributed by atoms with van der Waals surface area (Å²) in [5.74, 6) is -1.09. The first kappa shape index (κ1) is 19.2. The molecule has 6 nitrogen and oxygen atoms in total. The third kappa shape index (κ3) is 3.92. The molecule has 0 amide bonds. The lowest BCUT2D eigenvalue weighted by Crippen LogP contribution is -2.17. The summed E-state index contributed by atoms with van der Waals surface area (Å²) >= 11 is 1.35. The molecule has 2 aromatic carbocycles. The van der Waals surface area contributed by atoms with Crippen LogP contribution in [0, 0.1) is 13.8 Å². The summed E-state index contributed by atoms with van der Waals surface area (Å²) in [5.41, 5.74) is 1.29. The molecule has 0 fully saturated rings. The SMILES string of the molecule is Cc1ccc(C(=O)OCC(=O)c2sc3ccccc3c2C)cc1S(N)(=O)=O. The molecule has 0 unspecified atom stereocenters. The summed E-state index contributed by atoms with van der Waals surface area (Å²) < 4.78 is 29.2. The Kier molecular flexibility index (Phi) is 5.14. The minimum absolute atomic E-state index is 0.0190. The molecule has 0 saturated heterocycles. The van der Waals surface area contributed by atoms with Gasteiger partial charge in [0.05, 0.1) is 15.3 Å². The molecule has 0 aliphatic carbocycles. The number of nitrogens with two attached hydrogens (primary N) is 1. The molecule has 0 aliphatic rings. The van der Waals surface area contributed by atoms with Crippen LogP contribution in [0.25, 0.3) is 10.1 Å². The van der Waals surface area contributed by atoms with Crippen molar-refractivity contribution >= 4 is 43.2 Å². The van der Waals surface area contributed by atoms with E-state index in [-0.39, 0.29) is 16.2 Å². The first-order chi connectivity index (χ1) is 12.7. The molecule has 140 valence electrons. The standard InChI is InChI=1S/C19H17NO5S2/c1-11-7-8-13(9-17(11)27(20,23)24)19(22)25-10-15(21)18-12(2)14-5-3-4-6-16(14)26-18/h3-9H,10H2,1-2H3,(H2,20,23,24). The van der Waals surface area contributed by atoms with Crippen LogP contribution in [0.5, 0.6) is 0 Å². The second-order valence-corrected chi connectivity index (χ2v) is 8.66. The van der Waals surface area contributed by atoms with E-state index in [2.05, 4.69) is 0 Å². The molecule has 2 N–H and O–H groups in total. The molecule has 0 aliphatic heterocycles. The molecule has 3 aromatic rings. The Morgan fingerprint density at radius 2 is 1.81 bits per heavy atom. The highest BCUT2D eigenvalue weighted by atomic mass is 32.2. The summed E-state index contributed by atoms with van der Waals surface area (Å²) in [6.45, 7) is 3.00. The van der Waals surface area contributed by atoms with Crippen molar-refractivity contribution < 1.29 is 22.7 Å². The maximum atomic E-state index is 12.5. The molecule has 27 heavy (non-hydrogen) atoms. The molecule has 1 aromatic heterocycles. The normalized spacial score (nSPS) is 11.5. The van der Waals surface area contributed by atoms with Gasteiger partial charge in [0.1, 0.15) is 0 Å². The van der Waals surface area contributed by atoms with Crippen LogP contribution in [0.3, 0.4) is 0 Å². The highest BCUT2D eigenvalue weighted by Gasteiger charge is 2.19. The molecule has 0 spiro atoms. The molecule has 1 heterocycles. The number of hydrogen-bond acceptors (Lipinski definition) is 6. The Morgan fingerprint density at radius 1 is 1.11 bits per heavy atom. The Hall–Kier alpha value is -2.55. The van der Waals surface area contributed by atoms with Crippen LogP contribution in [0.2, 0.25) is 0 Å². The largest absolute Gasteiger partial charge is 0.454 e. The van der Waals surface area contributed by atoms with Crippen LogP contribution in [0.1, 0.15) is 31.2 Å². The van der Waals surface area contributed by atoms with Crippen LogP contribution in [-0.2, 0) is 14.8 Å². The minimum atomic E-state index is -3.96. The average Bonchev–Trinajstić information content (AvgIpc) is 2.96. The van der Waals surface area contributed by atoms with E-state index >= 15 is 0 Å². The van der Waals surface area contributed by atoms with Crippen molar-refractivity contribution in [2.75, 3.05) is 6.61 Å². The number of rotatable bonds is 5. The number of ketones is 1. The van der Waals surface area contributed by atoms with E-state index in [4.69, 9.17) is 9.88 Å². The first-order valence-electron chi connectivity index (χ1n) is 8.00. The fourth-order valence-electron chi connectivity index (χ4n) is 2.75. The number of fused-ring (bicyclic) bond motifs is 1. The van der Waals surface area contributed by atoms with E-state index in [1.165, 1.54) is 23.5 Å². The number of benzene rings is 2. The summed E-state index contributed by atoms with van der Waals surface area (Å²) in [4.78, 5) is 25.1. The van der Waals surface area contributed by atoms with Gasteiger partial charge in [-0.3, -0.25) is 4.79 Å². The van der Waals surface area contributed by atoms with Crippen molar-refractivity contribution in [2.45, 2.75) is 18.7 Å². The number of ether oxygens (including phenoxy) is 1. The second-order valence-electron chi connectivity index (χ2n) is 6.08. The van der Waals surface area contributed by atoms with Crippen molar-refractivity contribution in [2.24, 2.45) is 5.14 Å². The fourth-order valence-corrected chi connectivity index (χ4v) is 4.70. The van der Waals surface area contributed by atoms with Crippen LogP contribution in [0.4, 0.5) is 0 Å². The van der Waals surface area contributed by atoms with Crippen LogP contribution in [-0.4, -0.2) is 26.8 Å². The van der Waals surface area contributed by atoms with Crippen molar-refractivity contribution in [1.29, 1.82) is 0 Å². The van der Waals surface area contributed by atoms with Crippen LogP contribution < -0.4 is 5.14 Å². The lowest BCUT2D eigenvalue weighted by molar-refractivity contribution is 0.0475. The Labute approximate surface area is 160 Å². The molecule has 0 saturated carbocycles. The van der Waals surface area contributed by atoms with Gasteiger partial charge in [0, 0.05) is 4.70 Å². The average molecular weight is 403 g/mol. The molecular formula is C19H17NO5S2. The van der Waals surface area contributed by atoms with Gasteiger partial charge in [0.2, 0.25) is 15.8 Å². The number of aryl methyl sites for hydroxylation is 2. The Bertz CT molecular complexity index is 1160. The summed E-state index contributed by atoms with van der Waals surface area (Å²) in [6, 6.07) is 11.7. The fraction of sp³-hybridized carbons (Fsp3) is 0.158. The summed E-state index contributed by atoms with van der Waals surface area (Å²) in [7, 11) is -3.96. The van der Waals surface area contributed by atoms with E-state index in [0.717, 1.165) is 21.7 Å². The molecule has 0 atom stereocenters. The number of hydrogen-bond donors (Lipinski definition) is 1. The van der Waals surface area contributed by atoms with E-state index in [1.807, 2.05) is 31.2 Å². The van der Waals surface area contributed by atoms with Gasteiger partial charge in [-0.1, -0.05) is 24.3 Å². The van der Waals surface area contributed by atoms with E-state index in [0.29, 0.717) is 10.4 Å². The van der Waals surface area contributed by atoms with Crippen LogP contribution in [0.15, 0.2) is 47.4 Å². The number of thiophene rings is 1. The quantitative estimate of drug-likeness (QED) is 0.520. The Balaban J connectivity index is 1.77. The first-order valence-corrected chi connectivity index (χ1v) is 10.4. The van der Waals surface area contributed by atoms with Gasteiger partial charge in [-0.15, -0.1) is 11.3 Å². The van der Waals surface area contributed by atoms with Gasteiger partial charge in [-0.25, -0.2) is 18.4 Å². The number of esters is 1. The predicted octanol–water partition coefficient (Wildman–Crippen LogP) is 3.21. The zero-order valence-electron chi connectivity index (χ0n) is 14.7. The van der Waals surface area contributed by atoms with E-state index < -0.39 is 22.6 Å². The number of primary sulfonamides is 1. The zero-order valence-corrected chi connectivity index (χ0v) is 16.3. The highest BCUT2D eigenvalue weighted by Crippen LogP contribution is 2.30. The monoisotopic (exact) mass is 403 g/mol. The van der Waals surface area contributed by atoms with E-state index in [1.54, 1.807) is 6.92 Å². The second kappa shape index (κ2) is 7.22. The van der Waals surface area contributed by atoms with Gasteiger partial charge in [0.25, 0.3) is 0 Å². The molecule has 8 heteroatoms. The predicted molar refractivity (Wildman–Crippen MR) is 104 cm³/mol. The van der Waals surface area contributed by atoms with Gasteiger partial charge in [0.15, 0.2) is 6.61 Å². The van der Waals surface area contributed by atoms with Crippen molar-refractivity contribution in [3.05, 3.63) is 64.0 Å².